The fraction of sp³-hybridized carbons (Fsp3) is 0.857. The van der Waals surface area contributed by atoms with Gasteiger partial charge >= 0.3 is 12.0 Å². The van der Waals surface area contributed by atoms with E-state index in [0.717, 1.165) is 19.4 Å². The molecule has 0 saturated heterocycles. The van der Waals surface area contributed by atoms with Gasteiger partial charge in [-0.2, -0.15) is 0 Å². The number of hydrogen-bond acceptors (Lipinski definition) is 3. The molecule has 1 aliphatic rings. The van der Waals surface area contributed by atoms with Crippen molar-refractivity contribution in [2.75, 3.05) is 27.2 Å². The van der Waals surface area contributed by atoms with Crippen LogP contribution in [0.15, 0.2) is 0 Å². The summed E-state index contributed by atoms with van der Waals surface area (Å²) < 4.78 is 0. The molecule has 6 heteroatoms. The van der Waals surface area contributed by atoms with Gasteiger partial charge in [0.25, 0.3) is 0 Å². The van der Waals surface area contributed by atoms with Crippen molar-refractivity contribution in [1.29, 1.82) is 0 Å². The SMILES string of the molecule is CCN(C(=O)NC1CCCC1C(=O)O)C(C)CN(C)C. The fourth-order valence-corrected chi connectivity index (χ4v) is 2.95. The summed E-state index contributed by atoms with van der Waals surface area (Å²) in [5.41, 5.74) is 0. The predicted octanol–water partition coefficient (Wildman–Crippen LogP) is 1.22. The fourth-order valence-electron chi connectivity index (χ4n) is 2.95. The van der Waals surface area contributed by atoms with E-state index in [0.29, 0.717) is 13.0 Å². The van der Waals surface area contributed by atoms with Crippen molar-refractivity contribution in [3.8, 4) is 0 Å². The summed E-state index contributed by atoms with van der Waals surface area (Å²) in [6.45, 7) is 5.35. The number of carboxylic acid groups (broad SMARTS) is 1. The lowest BCUT2D eigenvalue weighted by Crippen LogP contribution is -2.52. The lowest BCUT2D eigenvalue weighted by molar-refractivity contribution is -0.142. The Morgan fingerprint density at radius 3 is 2.50 bits per heavy atom. The van der Waals surface area contributed by atoms with Crippen molar-refractivity contribution in [3.05, 3.63) is 0 Å². The molecule has 1 fully saturated rings. The first-order chi connectivity index (χ1) is 9.36. The van der Waals surface area contributed by atoms with E-state index in [1.165, 1.54) is 0 Å². The zero-order valence-corrected chi connectivity index (χ0v) is 12.9. The molecule has 0 aromatic rings. The number of carbonyl (C=O) groups excluding carboxylic acids is 1. The average Bonchev–Trinajstić information content (AvgIpc) is 2.76. The Morgan fingerprint density at radius 1 is 1.35 bits per heavy atom. The van der Waals surface area contributed by atoms with Crippen molar-refractivity contribution >= 4 is 12.0 Å². The number of hydrogen-bond donors (Lipinski definition) is 2. The van der Waals surface area contributed by atoms with E-state index < -0.39 is 11.9 Å². The van der Waals surface area contributed by atoms with Crippen molar-refractivity contribution < 1.29 is 14.7 Å². The number of urea groups is 1. The maximum Gasteiger partial charge on any atom is 0.317 e. The zero-order valence-electron chi connectivity index (χ0n) is 12.9. The maximum atomic E-state index is 12.3. The molecule has 2 N–H and O–H groups in total. The molecule has 0 aliphatic heterocycles. The third-order valence-electron chi connectivity index (χ3n) is 3.91. The van der Waals surface area contributed by atoms with Crippen molar-refractivity contribution in [2.24, 2.45) is 5.92 Å². The molecule has 1 rings (SSSR count). The summed E-state index contributed by atoms with van der Waals surface area (Å²) in [5.74, 6) is -1.25. The minimum absolute atomic E-state index is 0.0969. The Kier molecular flexibility index (Phi) is 6.26. The Morgan fingerprint density at radius 2 is 2.00 bits per heavy atom. The maximum absolute atomic E-state index is 12.3. The number of nitrogens with zero attached hydrogens (tertiary/aromatic N) is 2. The molecule has 20 heavy (non-hydrogen) atoms. The third-order valence-corrected chi connectivity index (χ3v) is 3.91. The zero-order chi connectivity index (χ0) is 15.3. The van der Waals surface area contributed by atoms with Gasteiger partial charge in [-0.25, -0.2) is 4.79 Å². The Hall–Kier alpha value is -1.30. The Labute approximate surface area is 121 Å². The van der Waals surface area contributed by atoms with E-state index in [-0.39, 0.29) is 18.1 Å². The molecule has 116 valence electrons. The third kappa shape index (κ3) is 4.37. The van der Waals surface area contributed by atoms with E-state index in [9.17, 15) is 9.59 Å². The first-order valence-electron chi connectivity index (χ1n) is 7.31. The minimum Gasteiger partial charge on any atom is -0.481 e. The molecule has 0 bridgehead atoms. The van der Waals surface area contributed by atoms with E-state index in [1.807, 2.05) is 32.8 Å². The molecule has 3 unspecified atom stereocenters. The largest absolute Gasteiger partial charge is 0.481 e. The number of carbonyl (C=O) groups is 2. The number of rotatable bonds is 6. The number of likely N-dealkylation sites (N-methyl/N-ethyl adjacent to an activating group) is 2. The molecule has 3 atom stereocenters. The highest BCUT2D eigenvalue weighted by Gasteiger charge is 2.35. The highest BCUT2D eigenvalue weighted by atomic mass is 16.4. The Balaban J connectivity index is 2.61. The second-order valence-corrected chi connectivity index (χ2v) is 5.83. The van der Waals surface area contributed by atoms with Gasteiger partial charge in [-0.15, -0.1) is 0 Å². The first-order valence-corrected chi connectivity index (χ1v) is 7.31. The summed E-state index contributed by atoms with van der Waals surface area (Å²) in [5, 5.41) is 12.1. The molecular weight excluding hydrogens is 258 g/mol. The van der Waals surface area contributed by atoms with Gasteiger partial charge in [-0.3, -0.25) is 4.79 Å². The molecule has 0 aromatic heterocycles. The predicted molar refractivity (Wildman–Crippen MR) is 77.7 cm³/mol. The van der Waals surface area contributed by atoms with Crippen LogP contribution in [0.25, 0.3) is 0 Å². The van der Waals surface area contributed by atoms with Crippen LogP contribution in [0.2, 0.25) is 0 Å². The topological polar surface area (TPSA) is 72.9 Å². The van der Waals surface area contributed by atoms with Crippen LogP contribution in [0.5, 0.6) is 0 Å². The molecule has 1 saturated carbocycles. The minimum atomic E-state index is -0.808. The molecular formula is C14H27N3O3. The van der Waals surface area contributed by atoms with Gasteiger partial charge in [0.1, 0.15) is 0 Å². The summed E-state index contributed by atoms with van der Waals surface area (Å²) >= 11 is 0. The number of amides is 2. The highest BCUT2D eigenvalue weighted by molar-refractivity contribution is 5.77. The first kappa shape index (κ1) is 16.8. The lowest BCUT2D eigenvalue weighted by atomic mass is 10.0. The van der Waals surface area contributed by atoms with E-state index in [1.54, 1.807) is 4.90 Å². The number of nitrogens with one attached hydrogen (secondary N) is 1. The van der Waals surface area contributed by atoms with Gasteiger partial charge in [0.2, 0.25) is 0 Å². The smallest absolute Gasteiger partial charge is 0.317 e. The van der Waals surface area contributed by atoms with Gasteiger partial charge < -0.3 is 20.2 Å². The quantitative estimate of drug-likeness (QED) is 0.769. The van der Waals surface area contributed by atoms with Crippen LogP contribution in [0.4, 0.5) is 4.79 Å². The van der Waals surface area contributed by atoms with Crippen LogP contribution >= 0.6 is 0 Å². The van der Waals surface area contributed by atoms with Crippen LogP contribution < -0.4 is 5.32 Å². The van der Waals surface area contributed by atoms with Crippen LogP contribution in [0.3, 0.4) is 0 Å². The van der Waals surface area contributed by atoms with Gasteiger partial charge in [-0.1, -0.05) is 6.42 Å². The van der Waals surface area contributed by atoms with Gasteiger partial charge in [0.05, 0.1) is 5.92 Å². The highest BCUT2D eigenvalue weighted by Crippen LogP contribution is 2.26. The number of carboxylic acids is 1. The van der Waals surface area contributed by atoms with Gasteiger partial charge in [0, 0.05) is 25.2 Å². The van der Waals surface area contributed by atoms with Crippen molar-refractivity contribution in [1.82, 2.24) is 15.1 Å². The monoisotopic (exact) mass is 285 g/mol. The standard InChI is InChI=1S/C14H27N3O3/c1-5-17(10(2)9-16(3)4)14(20)15-12-8-6-7-11(12)13(18)19/h10-12H,5-9H2,1-4H3,(H,15,20)(H,18,19). The molecule has 0 radical (unpaired) electrons. The molecule has 0 aromatic carbocycles. The Bertz CT molecular complexity index is 347. The van der Waals surface area contributed by atoms with Crippen LogP contribution in [-0.2, 0) is 4.79 Å². The summed E-state index contributed by atoms with van der Waals surface area (Å²) in [7, 11) is 3.94. The van der Waals surface area contributed by atoms with Gasteiger partial charge in [0.15, 0.2) is 0 Å². The summed E-state index contributed by atoms with van der Waals surface area (Å²) in [6, 6.07) is -0.291. The second kappa shape index (κ2) is 7.47. The summed E-state index contributed by atoms with van der Waals surface area (Å²) in [6.07, 6.45) is 2.27. The van der Waals surface area contributed by atoms with Crippen molar-refractivity contribution in [2.45, 2.75) is 45.2 Å². The van der Waals surface area contributed by atoms with Crippen LogP contribution in [0, 0.1) is 5.92 Å². The lowest BCUT2D eigenvalue weighted by Gasteiger charge is -2.31. The van der Waals surface area contributed by atoms with Crippen LogP contribution in [-0.4, -0.2) is 66.2 Å². The average molecular weight is 285 g/mol. The summed E-state index contributed by atoms with van der Waals surface area (Å²) in [4.78, 5) is 27.3. The van der Waals surface area contributed by atoms with E-state index in [2.05, 4.69) is 5.32 Å². The molecule has 1 aliphatic carbocycles. The van der Waals surface area contributed by atoms with Crippen LogP contribution in [0.1, 0.15) is 33.1 Å². The normalized spacial score (nSPS) is 23.6. The van der Waals surface area contributed by atoms with E-state index >= 15 is 0 Å². The van der Waals surface area contributed by atoms with E-state index in [4.69, 9.17) is 5.11 Å². The van der Waals surface area contributed by atoms with Gasteiger partial charge in [-0.05, 0) is 40.8 Å². The molecule has 0 spiro atoms. The number of aliphatic carboxylic acids is 1. The molecule has 0 heterocycles. The molecule has 2 amide bonds. The van der Waals surface area contributed by atoms with Crippen molar-refractivity contribution in [3.63, 3.8) is 0 Å². The second-order valence-electron chi connectivity index (χ2n) is 5.83. The molecule has 6 nitrogen and oxygen atoms in total.